The van der Waals surface area contributed by atoms with Crippen LogP contribution in [0.3, 0.4) is 0 Å². The molecule has 2 unspecified atom stereocenters. The predicted octanol–water partition coefficient (Wildman–Crippen LogP) is 3.62. The summed E-state index contributed by atoms with van der Waals surface area (Å²) in [6.07, 6.45) is -1.67. The minimum atomic E-state index is -0.886. The van der Waals surface area contributed by atoms with E-state index in [-0.39, 0.29) is 0 Å². The average molecular weight is 382 g/mol. The molecule has 0 spiro atoms. The van der Waals surface area contributed by atoms with Crippen LogP contribution in [0.1, 0.15) is 37.2 Å². The van der Waals surface area contributed by atoms with Crippen molar-refractivity contribution < 1.29 is 28.5 Å². The molecule has 0 aliphatic carbocycles. The highest BCUT2D eigenvalue weighted by Gasteiger charge is 2.17. The molecule has 0 heterocycles. The van der Waals surface area contributed by atoms with E-state index in [9.17, 15) is 9.59 Å². The van der Waals surface area contributed by atoms with Crippen LogP contribution in [0.4, 0.5) is 0 Å². The van der Waals surface area contributed by atoms with Gasteiger partial charge in [0.05, 0.1) is 14.2 Å². The van der Waals surface area contributed by atoms with E-state index in [4.69, 9.17) is 18.9 Å². The van der Waals surface area contributed by atoms with Crippen LogP contribution in [0.25, 0.3) is 0 Å². The van der Waals surface area contributed by atoms with Gasteiger partial charge in [-0.25, -0.2) is 0 Å². The van der Waals surface area contributed by atoms with E-state index >= 15 is 0 Å². The zero-order valence-corrected chi connectivity index (χ0v) is 16.2. The predicted molar refractivity (Wildman–Crippen MR) is 103 cm³/mol. The maximum absolute atomic E-state index is 11.6. The molecule has 0 radical (unpaired) electrons. The third-order valence-electron chi connectivity index (χ3n) is 3.69. The minimum absolute atomic E-state index is 0.463. The van der Waals surface area contributed by atoms with Gasteiger partial charge >= 0.3 is 11.9 Å². The van der Waals surface area contributed by atoms with Crippen molar-refractivity contribution in [3.8, 4) is 23.3 Å². The molecular formula is C22H22O6. The lowest BCUT2D eigenvalue weighted by atomic mass is 10.1. The maximum atomic E-state index is 11.6. The number of hydrogen-bond donors (Lipinski definition) is 0. The summed E-state index contributed by atoms with van der Waals surface area (Å²) < 4.78 is 21.2. The number of carbonyl (C=O) groups excluding carboxylic acids is 2. The van der Waals surface area contributed by atoms with E-state index in [0.717, 1.165) is 5.56 Å². The summed E-state index contributed by atoms with van der Waals surface area (Å²) in [7, 11) is 3.05. The number of carbonyl (C=O) groups is 2. The van der Waals surface area contributed by atoms with Crippen LogP contribution in [0.2, 0.25) is 0 Å². The zero-order valence-electron chi connectivity index (χ0n) is 16.2. The van der Waals surface area contributed by atoms with Crippen LogP contribution in [-0.4, -0.2) is 26.2 Å². The van der Waals surface area contributed by atoms with Crippen molar-refractivity contribution in [3.63, 3.8) is 0 Å². The molecule has 0 aliphatic rings. The van der Waals surface area contributed by atoms with Gasteiger partial charge in [-0.05, 0) is 24.0 Å². The SMILES string of the molecule is COc1cc(OC)cc(C(C#CC(OC(C)=O)c2ccccc2)OC(C)=O)c1. The smallest absolute Gasteiger partial charge is 0.304 e. The van der Waals surface area contributed by atoms with E-state index in [2.05, 4.69) is 11.8 Å². The molecule has 2 atom stereocenters. The second kappa shape index (κ2) is 10.0. The number of hydrogen-bond acceptors (Lipinski definition) is 6. The van der Waals surface area contributed by atoms with Gasteiger partial charge in [0.25, 0.3) is 0 Å². The average Bonchev–Trinajstić information content (AvgIpc) is 2.69. The Labute approximate surface area is 164 Å². The van der Waals surface area contributed by atoms with Gasteiger partial charge in [0, 0.05) is 31.0 Å². The molecule has 0 bridgehead atoms. The lowest BCUT2D eigenvalue weighted by Gasteiger charge is -2.15. The molecule has 0 aromatic heterocycles. The second-order valence-corrected chi connectivity index (χ2v) is 5.82. The Morgan fingerprint density at radius 1 is 0.750 bits per heavy atom. The van der Waals surface area contributed by atoms with E-state index in [0.29, 0.717) is 17.1 Å². The van der Waals surface area contributed by atoms with E-state index in [1.165, 1.54) is 28.1 Å². The van der Waals surface area contributed by atoms with Gasteiger partial charge in [-0.3, -0.25) is 9.59 Å². The van der Waals surface area contributed by atoms with Gasteiger partial charge in [-0.15, -0.1) is 0 Å². The van der Waals surface area contributed by atoms with E-state index < -0.39 is 24.1 Å². The Bertz CT molecular complexity index is 857. The first-order chi connectivity index (χ1) is 13.4. The molecule has 146 valence electrons. The number of methoxy groups -OCH3 is 2. The van der Waals surface area contributed by atoms with Crippen LogP contribution in [-0.2, 0) is 19.1 Å². The Morgan fingerprint density at radius 2 is 1.21 bits per heavy atom. The largest absolute Gasteiger partial charge is 0.497 e. The number of esters is 2. The van der Waals surface area contributed by atoms with Gasteiger partial charge in [0.2, 0.25) is 0 Å². The second-order valence-electron chi connectivity index (χ2n) is 5.82. The molecule has 0 amide bonds. The number of rotatable bonds is 6. The van der Waals surface area contributed by atoms with Gasteiger partial charge in [-0.1, -0.05) is 30.3 Å². The van der Waals surface area contributed by atoms with Crippen molar-refractivity contribution in [3.05, 3.63) is 59.7 Å². The summed E-state index contributed by atoms with van der Waals surface area (Å²) in [5, 5.41) is 0. The molecule has 0 saturated carbocycles. The molecule has 28 heavy (non-hydrogen) atoms. The Balaban J connectivity index is 2.44. The number of benzene rings is 2. The molecule has 0 aliphatic heterocycles. The monoisotopic (exact) mass is 382 g/mol. The first kappa shape index (κ1) is 20.8. The van der Waals surface area contributed by atoms with Crippen LogP contribution in [0.5, 0.6) is 11.5 Å². The quantitative estimate of drug-likeness (QED) is 0.561. The van der Waals surface area contributed by atoms with Gasteiger partial charge < -0.3 is 18.9 Å². The minimum Gasteiger partial charge on any atom is -0.497 e. The molecule has 0 fully saturated rings. The fraction of sp³-hybridized carbons (Fsp3) is 0.273. The van der Waals surface area contributed by atoms with Gasteiger partial charge in [-0.2, -0.15) is 0 Å². The van der Waals surface area contributed by atoms with Crippen molar-refractivity contribution in [1.29, 1.82) is 0 Å². The van der Waals surface area contributed by atoms with Crippen molar-refractivity contribution in [2.45, 2.75) is 26.1 Å². The van der Waals surface area contributed by atoms with Crippen LogP contribution in [0.15, 0.2) is 48.5 Å². The standard InChI is InChI=1S/C22H22O6/c1-15(23)27-21(17-8-6-5-7-9-17)10-11-22(28-16(2)24)18-12-19(25-3)14-20(13-18)26-4/h5-9,12-14,21-22H,1-4H3. The lowest BCUT2D eigenvalue weighted by Crippen LogP contribution is -2.10. The van der Waals surface area contributed by atoms with E-state index in [1.54, 1.807) is 30.3 Å². The third-order valence-corrected chi connectivity index (χ3v) is 3.69. The summed E-state index contributed by atoms with van der Waals surface area (Å²) in [4.78, 5) is 23.1. The Morgan fingerprint density at radius 3 is 1.64 bits per heavy atom. The van der Waals surface area contributed by atoms with Crippen molar-refractivity contribution in [1.82, 2.24) is 0 Å². The molecule has 2 rings (SSSR count). The highest BCUT2D eigenvalue weighted by molar-refractivity contribution is 5.67. The summed E-state index contributed by atoms with van der Waals surface area (Å²) in [6, 6.07) is 14.2. The first-order valence-corrected chi connectivity index (χ1v) is 8.56. The molecule has 6 nitrogen and oxygen atoms in total. The highest BCUT2D eigenvalue weighted by Crippen LogP contribution is 2.28. The lowest BCUT2D eigenvalue weighted by molar-refractivity contribution is -0.145. The molecule has 0 N–H and O–H groups in total. The zero-order chi connectivity index (χ0) is 20.5. The highest BCUT2D eigenvalue weighted by atomic mass is 16.5. The summed E-state index contributed by atoms with van der Waals surface area (Å²) >= 11 is 0. The van der Waals surface area contributed by atoms with Crippen molar-refractivity contribution in [2.75, 3.05) is 14.2 Å². The van der Waals surface area contributed by atoms with Crippen molar-refractivity contribution in [2.24, 2.45) is 0 Å². The summed E-state index contributed by atoms with van der Waals surface area (Å²) in [6.45, 7) is 2.61. The Hall–Kier alpha value is -3.46. The maximum Gasteiger partial charge on any atom is 0.304 e. The van der Waals surface area contributed by atoms with E-state index in [1.807, 2.05) is 18.2 Å². The third kappa shape index (κ3) is 6.06. The fourth-order valence-electron chi connectivity index (χ4n) is 2.45. The molecule has 0 saturated heterocycles. The Kier molecular flexibility index (Phi) is 7.46. The van der Waals surface area contributed by atoms with Crippen LogP contribution >= 0.6 is 0 Å². The van der Waals surface area contributed by atoms with Crippen LogP contribution in [0, 0.1) is 11.8 Å². The van der Waals surface area contributed by atoms with Crippen molar-refractivity contribution >= 4 is 11.9 Å². The number of ether oxygens (including phenoxy) is 4. The van der Waals surface area contributed by atoms with Gasteiger partial charge in [0.1, 0.15) is 11.5 Å². The normalized spacial score (nSPS) is 12.0. The molecule has 2 aromatic rings. The first-order valence-electron chi connectivity index (χ1n) is 8.56. The van der Waals surface area contributed by atoms with Crippen LogP contribution < -0.4 is 9.47 Å². The topological polar surface area (TPSA) is 71.1 Å². The summed E-state index contributed by atoms with van der Waals surface area (Å²) in [5.41, 5.74) is 1.29. The fourth-order valence-corrected chi connectivity index (χ4v) is 2.45. The summed E-state index contributed by atoms with van der Waals surface area (Å²) in [5.74, 6) is 5.90. The molecule has 2 aromatic carbocycles. The molecule has 6 heteroatoms. The molecular weight excluding hydrogens is 360 g/mol. The van der Waals surface area contributed by atoms with Gasteiger partial charge in [0.15, 0.2) is 12.2 Å².